The van der Waals surface area contributed by atoms with Gasteiger partial charge >= 0.3 is 12.1 Å². The Bertz CT molecular complexity index is 1690. The lowest BCUT2D eigenvalue weighted by Crippen LogP contribution is -2.25. The van der Waals surface area contributed by atoms with Crippen molar-refractivity contribution in [2.45, 2.75) is 78.4 Å². The van der Waals surface area contributed by atoms with Gasteiger partial charge < -0.3 is 19.9 Å². The van der Waals surface area contributed by atoms with E-state index in [4.69, 9.17) is 14.6 Å². The minimum atomic E-state index is -4.40. The molecule has 0 atom stereocenters. The number of carbonyl (C=O) groups is 2. The highest BCUT2D eigenvalue weighted by Gasteiger charge is 2.30. The van der Waals surface area contributed by atoms with E-state index in [0.29, 0.717) is 47.6 Å². The summed E-state index contributed by atoms with van der Waals surface area (Å²) in [5, 5.41) is 12.1. The quantitative estimate of drug-likeness (QED) is 0.0758. The second-order valence-electron chi connectivity index (χ2n) is 12.7. The third-order valence-corrected chi connectivity index (χ3v) is 8.41. The highest BCUT2D eigenvalue weighted by molar-refractivity contribution is 7.99. The Labute approximate surface area is 316 Å². The van der Waals surface area contributed by atoms with E-state index in [1.165, 1.54) is 40.1 Å². The van der Waals surface area contributed by atoms with Crippen LogP contribution in [0.3, 0.4) is 0 Å². The fraction of sp³-hybridized carbons (Fsp3) is 0.357. The van der Waals surface area contributed by atoms with Gasteiger partial charge in [0.25, 0.3) is 5.91 Å². The summed E-state index contributed by atoms with van der Waals surface area (Å²) in [5.41, 5.74) is 5.22. The smallest absolute Gasteiger partial charge is 0.417 e. The zero-order valence-electron chi connectivity index (χ0n) is 31.4. The van der Waals surface area contributed by atoms with Crippen molar-refractivity contribution in [3.8, 4) is 11.5 Å². The van der Waals surface area contributed by atoms with Crippen molar-refractivity contribution in [2.24, 2.45) is 0 Å². The number of carboxylic acids is 1. The Morgan fingerprint density at radius 3 is 1.64 bits per heavy atom. The molecule has 0 radical (unpaired) electrons. The number of benzene rings is 2. The van der Waals surface area contributed by atoms with Gasteiger partial charge in [-0.1, -0.05) is 34.4 Å². The Morgan fingerprint density at radius 2 is 1.23 bits per heavy atom. The van der Waals surface area contributed by atoms with E-state index in [-0.39, 0.29) is 11.5 Å². The number of nitrogens with zero attached hydrogens (tertiary/aromatic N) is 1. The molecule has 286 valence electrons. The second kappa shape index (κ2) is 23.7. The molecule has 0 saturated heterocycles. The van der Waals surface area contributed by atoms with Gasteiger partial charge in [0.15, 0.2) is 0 Å². The van der Waals surface area contributed by atoms with Gasteiger partial charge in [-0.3, -0.25) is 4.79 Å². The van der Waals surface area contributed by atoms with Gasteiger partial charge in [-0.15, -0.1) is 11.8 Å². The third-order valence-electron chi connectivity index (χ3n) is 7.47. The van der Waals surface area contributed by atoms with Crippen LogP contribution in [-0.4, -0.2) is 47.5 Å². The van der Waals surface area contributed by atoms with Crippen LogP contribution in [0.4, 0.5) is 13.2 Å². The molecular formula is C42H51F3N2O5S. The largest absolute Gasteiger partial charge is 0.490 e. The molecule has 0 aliphatic carbocycles. The highest BCUT2D eigenvalue weighted by Crippen LogP contribution is 2.29. The maximum Gasteiger partial charge on any atom is 0.417 e. The van der Waals surface area contributed by atoms with Crippen LogP contribution in [0, 0.1) is 0 Å². The summed E-state index contributed by atoms with van der Waals surface area (Å²) >= 11 is 1.28. The molecular weight excluding hydrogens is 702 g/mol. The zero-order valence-corrected chi connectivity index (χ0v) is 32.2. The number of amides is 1. The fourth-order valence-corrected chi connectivity index (χ4v) is 5.10. The monoisotopic (exact) mass is 752 g/mol. The molecule has 1 amide bonds. The average molecular weight is 753 g/mol. The van der Waals surface area contributed by atoms with Crippen LogP contribution in [0.25, 0.3) is 0 Å². The predicted molar refractivity (Wildman–Crippen MR) is 208 cm³/mol. The fourth-order valence-electron chi connectivity index (χ4n) is 4.39. The maximum atomic E-state index is 12.6. The van der Waals surface area contributed by atoms with E-state index in [1.807, 2.05) is 0 Å². The van der Waals surface area contributed by atoms with Crippen molar-refractivity contribution >= 4 is 23.6 Å². The van der Waals surface area contributed by atoms with Gasteiger partial charge in [0.2, 0.25) is 0 Å². The van der Waals surface area contributed by atoms with Crippen LogP contribution in [0.15, 0.2) is 118 Å². The molecule has 0 bridgehead atoms. The van der Waals surface area contributed by atoms with Crippen molar-refractivity contribution in [3.05, 3.63) is 130 Å². The molecule has 0 aliphatic rings. The Morgan fingerprint density at radius 1 is 0.736 bits per heavy atom. The number of halogens is 3. The highest BCUT2D eigenvalue weighted by atomic mass is 32.2. The number of aromatic carboxylic acids is 1. The van der Waals surface area contributed by atoms with E-state index >= 15 is 0 Å². The van der Waals surface area contributed by atoms with E-state index in [2.05, 4.69) is 76.1 Å². The van der Waals surface area contributed by atoms with Crippen LogP contribution in [0.2, 0.25) is 0 Å². The summed E-state index contributed by atoms with van der Waals surface area (Å²) in [6.45, 7) is 13.9. The van der Waals surface area contributed by atoms with Crippen molar-refractivity contribution in [2.75, 3.05) is 25.5 Å². The molecule has 53 heavy (non-hydrogen) atoms. The molecule has 3 aromatic rings. The van der Waals surface area contributed by atoms with Crippen LogP contribution >= 0.6 is 11.8 Å². The number of carboxylic acid groups (broad SMARTS) is 1. The molecule has 11 heteroatoms. The predicted octanol–water partition coefficient (Wildman–Crippen LogP) is 11.2. The van der Waals surface area contributed by atoms with Crippen LogP contribution in [-0.2, 0) is 6.18 Å². The number of hydrogen-bond acceptors (Lipinski definition) is 6. The number of nitrogens with one attached hydrogen (secondary N) is 1. The number of rotatable bonds is 18. The van der Waals surface area contributed by atoms with Crippen molar-refractivity contribution in [3.63, 3.8) is 0 Å². The molecule has 0 saturated carbocycles. The van der Waals surface area contributed by atoms with E-state index < -0.39 is 17.7 Å². The maximum absolute atomic E-state index is 12.6. The summed E-state index contributed by atoms with van der Waals surface area (Å²) in [7, 11) is 0. The van der Waals surface area contributed by atoms with E-state index in [9.17, 15) is 22.8 Å². The summed E-state index contributed by atoms with van der Waals surface area (Å²) in [6, 6.07) is 15.7. The molecule has 3 rings (SSSR count). The van der Waals surface area contributed by atoms with Crippen LogP contribution in [0.5, 0.6) is 11.5 Å². The van der Waals surface area contributed by atoms with Crippen LogP contribution < -0.4 is 14.8 Å². The molecule has 0 aliphatic heterocycles. The van der Waals surface area contributed by atoms with Gasteiger partial charge in [-0.25, -0.2) is 9.78 Å². The van der Waals surface area contributed by atoms with Crippen molar-refractivity contribution in [1.82, 2.24) is 10.3 Å². The average Bonchev–Trinajstić information content (AvgIpc) is 3.10. The molecule has 2 N–H and O–H groups in total. The first-order chi connectivity index (χ1) is 25.1. The molecule has 0 spiro atoms. The number of ether oxygens (including phenoxy) is 2. The summed E-state index contributed by atoms with van der Waals surface area (Å²) in [5.74, 6) is 0.709. The normalized spacial score (nSPS) is 11.5. The van der Waals surface area contributed by atoms with Crippen molar-refractivity contribution in [1.29, 1.82) is 0 Å². The van der Waals surface area contributed by atoms with E-state index in [1.54, 1.807) is 48.5 Å². The summed E-state index contributed by atoms with van der Waals surface area (Å²) < 4.78 is 48.9. The number of thioether (sulfide) groups is 1. The first kappa shape index (κ1) is 44.4. The zero-order chi connectivity index (χ0) is 39.2. The first-order valence-corrected chi connectivity index (χ1v) is 18.3. The van der Waals surface area contributed by atoms with Gasteiger partial charge in [-0.05, 0) is 140 Å². The van der Waals surface area contributed by atoms with Gasteiger partial charge in [0, 0.05) is 24.1 Å². The Kier molecular flexibility index (Phi) is 19.9. The Balaban J connectivity index is 0.000000415. The Hall–Kier alpha value is -4.77. The second-order valence-corrected chi connectivity index (χ2v) is 13.8. The summed E-state index contributed by atoms with van der Waals surface area (Å²) in [6.07, 6.45) is 9.08. The topological polar surface area (TPSA) is 97.8 Å². The molecule has 2 aromatic carbocycles. The first-order valence-electron chi connectivity index (χ1n) is 17.3. The minimum absolute atomic E-state index is 0.224. The molecule has 1 heterocycles. The van der Waals surface area contributed by atoms with Gasteiger partial charge in [0.05, 0.1) is 16.2 Å². The number of aromatic nitrogens is 1. The van der Waals surface area contributed by atoms with Crippen molar-refractivity contribution < 1.29 is 37.3 Å². The minimum Gasteiger partial charge on any atom is -0.490 e. The lowest BCUT2D eigenvalue weighted by Gasteiger charge is -2.08. The van der Waals surface area contributed by atoms with Gasteiger partial charge in [-0.2, -0.15) is 13.2 Å². The standard InChI is InChI=1S/C25H29F3N2O2S.C17H22O3/c1-18(2)5-4-6-19(3)13-15-32-22-10-7-20(8-11-22)24(31)29-14-16-33-23-12-9-21(17-30-23)25(26,27)28;1-13(2)5-4-6-14(3)11-12-20-16-9-7-15(8-10-16)17(18)19/h5,7-13,17H,4,6,14-16H2,1-3H3,(H,29,31);5,7-11H,4,6,12H2,1-3H3,(H,18,19)/b19-13+;14-11+. The van der Waals surface area contributed by atoms with Gasteiger partial charge in [0.1, 0.15) is 24.7 Å². The lowest BCUT2D eigenvalue weighted by atomic mass is 10.1. The number of pyridine rings is 1. The van der Waals surface area contributed by atoms with Crippen LogP contribution in [0.1, 0.15) is 93.5 Å². The lowest BCUT2D eigenvalue weighted by molar-refractivity contribution is -0.137. The molecule has 1 aromatic heterocycles. The number of carbonyl (C=O) groups excluding carboxylic acids is 1. The number of hydrogen-bond donors (Lipinski definition) is 2. The van der Waals surface area contributed by atoms with E-state index in [0.717, 1.165) is 37.9 Å². The number of alkyl halides is 3. The molecule has 0 unspecified atom stereocenters. The summed E-state index contributed by atoms with van der Waals surface area (Å²) in [4.78, 5) is 26.8. The molecule has 0 fully saturated rings. The SMILES string of the molecule is CC(C)=CCC/C(C)=C/COc1ccc(C(=O)NCCSc2ccc(C(F)(F)F)cn2)cc1.CC(C)=CCC/C(C)=C/COc1ccc(C(=O)O)cc1. The number of allylic oxidation sites excluding steroid dienone is 6. The third kappa shape index (κ3) is 19.6. The molecule has 7 nitrogen and oxygen atoms in total.